The minimum atomic E-state index is 0.337. The normalized spacial score (nSPS) is 10.5. The van der Waals surface area contributed by atoms with E-state index in [1.54, 1.807) is 6.20 Å². The molecular weight excluding hydrogens is 246 g/mol. The number of nitrogens with zero attached hydrogens (tertiary/aromatic N) is 4. The van der Waals surface area contributed by atoms with Gasteiger partial charge in [-0.2, -0.15) is 4.98 Å². The van der Waals surface area contributed by atoms with Crippen molar-refractivity contribution in [2.24, 2.45) is 5.73 Å². The molecule has 0 atom stereocenters. The molecular formula is C12H21N5S. The molecule has 0 bridgehead atoms. The lowest BCUT2D eigenvalue weighted by Gasteiger charge is -2.28. The summed E-state index contributed by atoms with van der Waals surface area (Å²) in [6.45, 7) is 5.02. The van der Waals surface area contributed by atoms with E-state index in [0.29, 0.717) is 23.4 Å². The summed E-state index contributed by atoms with van der Waals surface area (Å²) in [7, 11) is 3.85. The van der Waals surface area contributed by atoms with Crippen LogP contribution < -0.4 is 15.5 Å². The van der Waals surface area contributed by atoms with Gasteiger partial charge in [0.25, 0.3) is 0 Å². The number of thiocarbonyl (C=S) groups is 1. The fraction of sp³-hybridized carbons (Fsp3) is 0.583. The van der Waals surface area contributed by atoms with Gasteiger partial charge >= 0.3 is 0 Å². The SMILES string of the molecule is CC(C)N(CCC(N)=S)c1ccnc(N(C)C)n1. The predicted molar refractivity (Wildman–Crippen MR) is 80.2 cm³/mol. The van der Waals surface area contributed by atoms with E-state index in [0.717, 1.165) is 12.4 Å². The molecule has 0 spiro atoms. The molecule has 0 aliphatic rings. The van der Waals surface area contributed by atoms with E-state index >= 15 is 0 Å². The molecule has 0 radical (unpaired) electrons. The number of rotatable bonds is 6. The first kappa shape index (κ1) is 14.6. The van der Waals surface area contributed by atoms with Gasteiger partial charge in [-0.1, -0.05) is 12.2 Å². The molecule has 0 fully saturated rings. The van der Waals surface area contributed by atoms with Crippen molar-refractivity contribution in [3.05, 3.63) is 12.3 Å². The minimum absolute atomic E-state index is 0.337. The highest BCUT2D eigenvalue weighted by molar-refractivity contribution is 7.80. The summed E-state index contributed by atoms with van der Waals surface area (Å²) >= 11 is 4.93. The smallest absolute Gasteiger partial charge is 0.226 e. The van der Waals surface area contributed by atoms with Gasteiger partial charge in [-0.25, -0.2) is 4.98 Å². The van der Waals surface area contributed by atoms with Crippen LogP contribution in [0.1, 0.15) is 20.3 Å². The highest BCUT2D eigenvalue weighted by atomic mass is 32.1. The van der Waals surface area contributed by atoms with E-state index in [4.69, 9.17) is 18.0 Å². The Hall–Kier alpha value is -1.43. The minimum Gasteiger partial charge on any atom is -0.393 e. The lowest BCUT2D eigenvalue weighted by atomic mass is 10.3. The van der Waals surface area contributed by atoms with Crippen LogP contribution in [0.15, 0.2) is 12.3 Å². The van der Waals surface area contributed by atoms with Gasteiger partial charge in [-0.15, -0.1) is 0 Å². The van der Waals surface area contributed by atoms with Crippen molar-refractivity contribution in [3.8, 4) is 0 Å². The highest BCUT2D eigenvalue weighted by Crippen LogP contribution is 2.16. The van der Waals surface area contributed by atoms with Crippen LogP contribution in [-0.4, -0.2) is 41.6 Å². The number of hydrogen-bond donors (Lipinski definition) is 1. The molecule has 1 aromatic heterocycles. The van der Waals surface area contributed by atoms with Crippen molar-refractivity contribution in [2.45, 2.75) is 26.3 Å². The fourth-order valence-electron chi connectivity index (χ4n) is 1.58. The zero-order valence-corrected chi connectivity index (χ0v) is 12.2. The summed E-state index contributed by atoms with van der Waals surface area (Å²) in [5.41, 5.74) is 5.56. The van der Waals surface area contributed by atoms with E-state index in [-0.39, 0.29) is 0 Å². The Morgan fingerprint density at radius 1 is 1.44 bits per heavy atom. The second-order valence-corrected chi connectivity index (χ2v) is 5.14. The van der Waals surface area contributed by atoms with Crippen molar-refractivity contribution in [2.75, 3.05) is 30.4 Å². The topological polar surface area (TPSA) is 58.3 Å². The summed E-state index contributed by atoms with van der Waals surface area (Å²) in [6.07, 6.45) is 2.46. The van der Waals surface area contributed by atoms with Crippen molar-refractivity contribution in [3.63, 3.8) is 0 Å². The summed E-state index contributed by atoms with van der Waals surface area (Å²) < 4.78 is 0. The summed E-state index contributed by atoms with van der Waals surface area (Å²) in [5.74, 6) is 1.61. The number of aromatic nitrogens is 2. The third kappa shape index (κ3) is 4.10. The predicted octanol–water partition coefficient (Wildman–Crippen LogP) is 1.43. The molecule has 0 saturated heterocycles. The Kier molecular flexibility index (Phi) is 5.27. The van der Waals surface area contributed by atoms with Crippen molar-refractivity contribution in [1.29, 1.82) is 0 Å². The Balaban J connectivity index is 2.91. The van der Waals surface area contributed by atoms with Gasteiger partial charge in [-0.05, 0) is 19.9 Å². The Labute approximate surface area is 114 Å². The largest absolute Gasteiger partial charge is 0.393 e. The third-order valence-electron chi connectivity index (χ3n) is 2.54. The molecule has 0 aliphatic heterocycles. The van der Waals surface area contributed by atoms with Gasteiger partial charge in [0.2, 0.25) is 5.95 Å². The Bertz CT molecular complexity index is 405. The van der Waals surface area contributed by atoms with Gasteiger partial charge in [0.1, 0.15) is 5.82 Å². The molecule has 2 N–H and O–H groups in total. The number of nitrogens with two attached hydrogens (primary N) is 1. The summed E-state index contributed by atoms with van der Waals surface area (Å²) in [4.78, 5) is 13.3. The number of hydrogen-bond acceptors (Lipinski definition) is 5. The zero-order chi connectivity index (χ0) is 13.7. The molecule has 100 valence electrons. The van der Waals surface area contributed by atoms with E-state index < -0.39 is 0 Å². The quantitative estimate of drug-likeness (QED) is 0.787. The lowest BCUT2D eigenvalue weighted by Crippen LogP contribution is -2.34. The van der Waals surface area contributed by atoms with Crippen LogP contribution in [0.3, 0.4) is 0 Å². The van der Waals surface area contributed by atoms with Crippen LogP contribution in [0.4, 0.5) is 11.8 Å². The standard InChI is InChI=1S/C12H21N5S/c1-9(2)17(8-6-10(13)18)11-5-7-14-12(15-11)16(3)4/h5,7,9H,6,8H2,1-4H3,(H2,13,18). The maximum Gasteiger partial charge on any atom is 0.226 e. The van der Waals surface area contributed by atoms with Crippen molar-refractivity contribution in [1.82, 2.24) is 9.97 Å². The third-order valence-corrected chi connectivity index (χ3v) is 2.75. The molecule has 18 heavy (non-hydrogen) atoms. The van der Waals surface area contributed by atoms with E-state index in [1.807, 2.05) is 25.1 Å². The van der Waals surface area contributed by atoms with E-state index in [9.17, 15) is 0 Å². The molecule has 5 nitrogen and oxygen atoms in total. The fourth-order valence-corrected chi connectivity index (χ4v) is 1.67. The first-order chi connectivity index (χ1) is 8.41. The molecule has 0 unspecified atom stereocenters. The van der Waals surface area contributed by atoms with Gasteiger partial charge < -0.3 is 15.5 Å². The van der Waals surface area contributed by atoms with Gasteiger partial charge in [0.15, 0.2) is 0 Å². The monoisotopic (exact) mass is 267 g/mol. The second-order valence-electron chi connectivity index (χ2n) is 4.61. The Morgan fingerprint density at radius 3 is 2.61 bits per heavy atom. The van der Waals surface area contributed by atoms with Gasteiger partial charge in [0.05, 0.1) is 4.99 Å². The molecule has 1 heterocycles. The maximum absolute atomic E-state index is 5.56. The first-order valence-electron chi connectivity index (χ1n) is 5.97. The van der Waals surface area contributed by atoms with Crippen LogP contribution in [0.2, 0.25) is 0 Å². The van der Waals surface area contributed by atoms with E-state index in [1.165, 1.54) is 0 Å². The molecule has 0 aromatic carbocycles. The van der Waals surface area contributed by atoms with Crippen molar-refractivity contribution >= 4 is 29.0 Å². The molecule has 1 aromatic rings. The molecule has 6 heteroatoms. The van der Waals surface area contributed by atoms with Crippen LogP contribution in [0, 0.1) is 0 Å². The van der Waals surface area contributed by atoms with Crippen molar-refractivity contribution < 1.29 is 0 Å². The Morgan fingerprint density at radius 2 is 2.11 bits per heavy atom. The summed E-state index contributed by atoms with van der Waals surface area (Å²) in [6, 6.07) is 2.25. The van der Waals surface area contributed by atoms with Gasteiger partial charge in [-0.3, -0.25) is 0 Å². The summed E-state index contributed by atoms with van der Waals surface area (Å²) in [5, 5.41) is 0. The van der Waals surface area contributed by atoms with Gasteiger partial charge in [0, 0.05) is 39.3 Å². The average molecular weight is 267 g/mol. The number of anilines is 2. The van der Waals surface area contributed by atoms with Crippen LogP contribution >= 0.6 is 12.2 Å². The molecule has 1 rings (SSSR count). The molecule has 0 aliphatic carbocycles. The van der Waals surface area contributed by atoms with Crippen LogP contribution in [0.5, 0.6) is 0 Å². The first-order valence-corrected chi connectivity index (χ1v) is 6.38. The maximum atomic E-state index is 5.56. The highest BCUT2D eigenvalue weighted by Gasteiger charge is 2.13. The average Bonchev–Trinajstić information content (AvgIpc) is 2.28. The van der Waals surface area contributed by atoms with Crippen LogP contribution in [-0.2, 0) is 0 Å². The van der Waals surface area contributed by atoms with Crippen LogP contribution in [0.25, 0.3) is 0 Å². The van der Waals surface area contributed by atoms with E-state index in [2.05, 4.69) is 28.7 Å². The molecule has 0 saturated carbocycles. The zero-order valence-electron chi connectivity index (χ0n) is 11.4. The molecule has 0 amide bonds. The second kappa shape index (κ2) is 6.49. The lowest BCUT2D eigenvalue weighted by molar-refractivity contribution is 0.679.